The van der Waals surface area contributed by atoms with E-state index in [-0.39, 0.29) is 11.6 Å². The second kappa shape index (κ2) is 9.27. The summed E-state index contributed by atoms with van der Waals surface area (Å²) in [6, 6.07) is 8.30. The van der Waals surface area contributed by atoms with Crippen molar-refractivity contribution in [2.45, 2.75) is 19.9 Å². The van der Waals surface area contributed by atoms with Crippen LogP contribution in [-0.2, 0) is 4.74 Å². The van der Waals surface area contributed by atoms with E-state index >= 15 is 0 Å². The van der Waals surface area contributed by atoms with Gasteiger partial charge >= 0.3 is 0 Å². The van der Waals surface area contributed by atoms with E-state index in [1.807, 2.05) is 17.0 Å². The van der Waals surface area contributed by atoms with Gasteiger partial charge in [-0.2, -0.15) is 15.0 Å². The smallest absolute Gasteiger partial charge is 0.274 e. The molecule has 3 heterocycles. The van der Waals surface area contributed by atoms with Gasteiger partial charge in [-0.1, -0.05) is 16.8 Å². The number of anilines is 3. The van der Waals surface area contributed by atoms with Gasteiger partial charge < -0.3 is 24.8 Å². The van der Waals surface area contributed by atoms with E-state index in [2.05, 4.69) is 30.7 Å². The minimum Gasteiger partial charge on any atom is -0.378 e. The van der Waals surface area contributed by atoms with E-state index in [4.69, 9.17) is 20.9 Å². The Labute approximate surface area is 184 Å². The van der Waals surface area contributed by atoms with E-state index in [0.717, 1.165) is 5.69 Å². The summed E-state index contributed by atoms with van der Waals surface area (Å²) in [5.74, 6) is 1.49. The van der Waals surface area contributed by atoms with Crippen molar-refractivity contribution in [3.8, 4) is 0 Å². The molecule has 1 fully saturated rings. The third kappa shape index (κ3) is 5.28. The van der Waals surface area contributed by atoms with Crippen LogP contribution in [0.5, 0.6) is 0 Å². The molecule has 1 saturated heterocycles. The lowest BCUT2D eigenvalue weighted by Gasteiger charge is -2.27. The fraction of sp³-hybridized carbons (Fsp3) is 0.350. The summed E-state index contributed by atoms with van der Waals surface area (Å²) in [6.45, 7) is 6.06. The third-order valence-corrected chi connectivity index (χ3v) is 4.88. The molecule has 0 radical (unpaired) electrons. The summed E-state index contributed by atoms with van der Waals surface area (Å²) in [5, 5.41) is 10.4. The molecule has 4 rings (SSSR count). The fourth-order valence-electron chi connectivity index (χ4n) is 3.01. The Morgan fingerprint density at radius 3 is 2.58 bits per heavy atom. The minimum absolute atomic E-state index is 0.200. The molecule has 0 saturated carbocycles. The van der Waals surface area contributed by atoms with Crippen molar-refractivity contribution in [3.05, 3.63) is 52.6 Å². The highest BCUT2D eigenvalue weighted by atomic mass is 35.5. The van der Waals surface area contributed by atoms with Crippen molar-refractivity contribution < 1.29 is 14.1 Å². The second-order valence-electron chi connectivity index (χ2n) is 7.07. The number of carbonyl (C=O) groups is 1. The lowest BCUT2D eigenvalue weighted by molar-refractivity contribution is 0.0929. The number of aryl methyl sites for hydroxylation is 1. The van der Waals surface area contributed by atoms with Crippen LogP contribution in [0.15, 0.2) is 34.9 Å². The summed E-state index contributed by atoms with van der Waals surface area (Å²) in [4.78, 5) is 28.2. The number of nitrogens with zero attached hydrogens (tertiary/aromatic N) is 5. The van der Waals surface area contributed by atoms with Gasteiger partial charge in [0.25, 0.3) is 5.91 Å². The predicted octanol–water partition coefficient (Wildman–Crippen LogP) is 2.89. The van der Waals surface area contributed by atoms with Crippen LogP contribution in [0.3, 0.4) is 0 Å². The highest BCUT2D eigenvalue weighted by Gasteiger charge is 2.21. The summed E-state index contributed by atoms with van der Waals surface area (Å²) in [6.07, 6.45) is 0. The first kappa shape index (κ1) is 21.0. The van der Waals surface area contributed by atoms with Crippen LogP contribution in [0.2, 0.25) is 5.02 Å². The van der Waals surface area contributed by atoms with Crippen molar-refractivity contribution in [1.29, 1.82) is 0 Å². The van der Waals surface area contributed by atoms with Gasteiger partial charge in [-0.15, -0.1) is 0 Å². The van der Waals surface area contributed by atoms with Crippen LogP contribution < -0.4 is 15.5 Å². The molecule has 2 N–H and O–H groups in total. The van der Waals surface area contributed by atoms with E-state index in [1.54, 1.807) is 32.0 Å². The lowest BCUT2D eigenvalue weighted by Crippen LogP contribution is -2.38. The molecule has 31 heavy (non-hydrogen) atoms. The summed E-state index contributed by atoms with van der Waals surface area (Å²) < 4.78 is 10.4. The van der Waals surface area contributed by atoms with Crippen LogP contribution in [0.1, 0.15) is 35.0 Å². The molecule has 1 amide bonds. The zero-order valence-electron chi connectivity index (χ0n) is 17.1. The molecule has 0 unspecified atom stereocenters. The van der Waals surface area contributed by atoms with E-state index in [1.165, 1.54) is 0 Å². The van der Waals surface area contributed by atoms with Gasteiger partial charge in [-0.05, 0) is 38.1 Å². The van der Waals surface area contributed by atoms with Gasteiger partial charge in [0.2, 0.25) is 11.9 Å². The Morgan fingerprint density at radius 2 is 1.90 bits per heavy atom. The Morgan fingerprint density at radius 1 is 1.16 bits per heavy atom. The van der Waals surface area contributed by atoms with E-state index in [9.17, 15) is 4.79 Å². The van der Waals surface area contributed by atoms with Crippen LogP contribution >= 0.6 is 11.6 Å². The molecule has 1 atom stereocenters. The number of ether oxygens (including phenoxy) is 1. The molecule has 0 aliphatic carbocycles. The molecular weight excluding hydrogens is 422 g/mol. The maximum absolute atomic E-state index is 12.5. The van der Waals surface area contributed by atoms with Gasteiger partial charge in [0.05, 0.1) is 19.3 Å². The average Bonchev–Trinajstić information content (AvgIpc) is 3.22. The summed E-state index contributed by atoms with van der Waals surface area (Å²) >= 11 is 5.97. The zero-order chi connectivity index (χ0) is 21.8. The molecule has 3 aromatic rings. The standard InChI is InChI=1S/C20H22ClN7O3/c1-12-11-16(27-31-12)18(29)22-13(2)17-24-19(23-15-5-3-14(21)4-6-15)26-20(25-17)28-7-9-30-10-8-28/h3-6,11,13H,7-10H2,1-2H3,(H,22,29)(H,23,24,25,26)/t13-/m0/s1. The summed E-state index contributed by atoms with van der Waals surface area (Å²) in [7, 11) is 0. The number of morpholine rings is 1. The number of aromatic nitrogens is 4. The lowest BCUT2D eigenvalue weighted by atomic mass is 10.3. The zero-order valence-corrected chi connectivity index (χ0v) is 17.9. The maximum atomic E-state index is 12.5. The number of hydrogen-bond donors (Lipinski definition) is 2. The van der Waals surface area contributed by atoms with E-state index in [0.29, 0.717) is 54.8 Å². The average molecular weight is 444 g/mol. The van der Waals surface area contributed by atoms with Crippen molar-refractivity contribution >= 4 is 35.1 Å². The monoisotopic (exact) mass is 443 g/mol. The van der Waals surface area contributed by atoms with Crippen molar-refractivity contribution in [2.75, 3.05) is 36.5 Å². The summed E-state index contributed by atoms with van der Waals surface area (Å²) in [5.41, 5.74) is 0.982. The highest BCUT2D eigenvalue weighted by molar-refractivity contribution is 6.30. The molecule has 2 aromatic heterocycles. The number of hydrogen-bond acceptors (Lipinski definition) is 9. The van der Waals surface area contributed by atoms with Gasteiger partial charge in [0, 0.05) is 29.9 Å². The fourth-order valence-corrected chi connectivity index (χ4v) is 3.13. The molecule has 0 bridgehead atoms. The first-order chi connectivity index (χ1) is 15.0. The molecule has 1 aromatic carbocycles. The first-order valence-electron chi connectivity index (χ1n) is 9.83. The normalized spacial score (nSPS) is 14.9. The Balaban J connectivity index is 1.59. The van der Waals surface area contributed by atoms with Gasteiger partial charge in [0.15, 0.2) is 11.5 Å². The maximum Gasteiger partial charge on any atom is 0.274 e. The van der Waals surface area contributed by atoms with Gasteiger partial charge in [0.1, 0.15) is 5.76 Å². The highest BCUT2D eigenvalue weighted by Crippen LogP contribution is 2.21. The SMILES string of the molecule is Cc1cc(C(=O)N[C@@H](C)c2nc(Nc3ccc(Cl)cc3)nc(N3CCOCC3)n2)no1. The molecule has 0 spiro atoms. The Hall–Kier alpha value is -3.24. The predicted molar refractivity (Wildman–Crippen MR) is 115 cm³/mol. The number of amides is 1. The van der Waals surface area contributed by atoms with Crippen LogP contribution in [0, 0.1) is 6.92 Å². The van der Waals surface area contributed by atoms with E-state index < -0.39 is 6.04 Å². The number of halogens is 1. The largest absolute Gasteiger partial charge is 0.378 e. The van der Waals surface area contributed by atoms with Crippen LogP contribution in [-0.4, -0.2) is 52.3 Å². The Kier molecular flexibility index (Phi) is 6.28. The molecular formula is C20H22ClN7O3. The number of rotatable bonds is 6. The van der Waals surface area contributed by atoms with Crippen LogP contribution in [0.25, 0.3) is 0 Å². The van der Waals surface area contributed by atoms with Gasteiger partial charge in [-0.3, -0.25) is 4.79 Å². The van der Waals surface area contributed by atoms with Crippen LogP contribution in [0.4, 0.5) is 17.6 Å². The van der Waals surface area contributed by atoms with Crippen molar-refractivity contribution in [3.63, 3.8) is 0 Å². The topological polar surface area (TPSA) is 118 Å². The van der Waals surface area contributed by atoms with Gasteiger partial charge in [-0.25, -0.2) is 0 Å². The first-order valence-corrected chi connectivity index (χ1v) is 10.2. The van der Waals surface area contributed by atoms with Crippen molar-refractivity contribution in [1.82, 2.24) is 25.4 Å². The quantitative estimate of drug-likeness (QED) is 0.592. The molecule has 1 aliphatic rings. The molecule has 10 nitrogen and oxygen atoms in total. The molecule has 11 heteroatoms. The number of benzene rings is 1. The molecule has 162 valence electrons. The second-order valence-corrected chi connectivity index (χ2v) is 7.50. The van der Waals surface area contributed by atoms with Crippen molar-refractivity contribution in [2.24, 2.45) is 0 Å². The Bertz CT molecular complexity index is 1050. The molecule has 1 aliphatic heterocycles. The third-order valence-electron chi connectivity index (χ3n) is 4.63. The minimum atomic E-state index is -0.488. The number of carbonyl (C=O) groups excluding carboxylic acids is 1. The number of nitrogens with one attached hydrogen (secondary N) is 2.